The van der Waals surface area contributed by atoms with Crippen molar-refractivity contribution in [2.45, 2.75) is 26.0 Å². The van der Waals surface area contributed by atoms with Gasteiger partial charge in [-0.1, -0.05) is 11.6 Å². The molecule has 0 spiro atoms. The van der Waals surface area contributed by atoms with Crippen LogP contribution in [0.4, 0.5) is 0 Å². The van der Waals surface area contributed by atoms with E-state index in [-0.39, 0.29) is 24.7 Å². The van der Waals surface area contributed by atoms with Gasteiger partial charge in [-0.25, -0.2) is 0 Å². The summed E-state index contributed by atoms with van der Waals surface area (Å²) in [6.45, 7) is 4.60. The fourth-order valence-corrected chi connectivity index (χ4v) is 2.46. The largest absolute Gasteiger partial charge is 0.394 e. The highest BCUT2D eigenvalue weighted by molar-refractivity contribution is 6.30. The molecular weight excluding hydrogens is 266 g/mol. The van der Waals surface area contributed by atoms with Crippen molar-refractivity contribution in [3.8, 4) is 0 Å². The van der Waals surface area contributed by atoms with Crippen molar-refractivity contribution in [2.24, 2.45) is 0 Å². The van der Waals surface area contributed by atoms with Crippen LogP contribution in [0.25, 0.3) is 0 Å². The van der Waals surface area contributed by atoms with Gasteiger partial charge in [-0.15, -0.1) is 0 Å². The van der Waals surface area contributed by atoms with E-state index in [4.69, 9.17) is 21.4 Å². The van der Waals surface area contributed by atoms with E-state index >= 15 is 0 Å². The van der Waals surface area contributed by atoms with E-state index in [2.05, 4.69) is 0 Å². The van der Waals surface area contributed by atoms with E-state index in [9.17, 15) is 4.79 Å². The van der Waals surface area contributed by atoms with Gasteiger partial charge in [0.1, 0.15) is 0 Å². The summed E-state index contributed by atoms with van der Waals surface area (Å²) in [4.78, 5) is 14.3. The van der Waals surface area contributed by atoms with E-state index in [1.807, 2.05) is 13.8 Å². The van der Waals surface area contributed by atoms with Crippen LogP contribution in [0.1, 0.15) is 22.8 Å². The molecule has 1 amide bonds. The zero-order valence-electron chi connectivity index (χ0n) is 11.1. The van der Waals surface area contributed by atoms with Crippen LogP contribution in [0.2, 0.25) is 5.02 Å². The average Bonchev–Trinajstić information content (AvgIpc) is 2.38. The van der Waals surface area contributed by atoms with Gasteiger partial charge in [0.05, 0.1) is 25.4 Å². The maximum absolute atomic E-state index is 12.5. The number of aliphatic hydroxyl groups is 1. The number of carbonyl (C=O) groups excluding carboxylic acids is 1. The minimum atomic E-state index is -0.298. The summed E-state index contributed by atoms with van der Waals surface area (Å²) in [6, 6.07) is 5.25. The molecule has 0 aliphatic carbocycles. The second-order valence-corrected chi connectivity index (χ2v) is 5.34. The second kappa shape index (κ2) is 5.90. The van der Waals surface area contributed by atoms with E-state index < -0.39 is 0 Å². The molecule has 1 heterocycles. The molecule has 5 heteroatoms. The Morgan fingerprint density at radius 3 is 2.95 bits per heavy atom. The van der Waals surface area contributed by atoms with Crippen molar-refractivity contribution in [1.82, 2.24) is 4.90 Å². The number of aryl methyl sites for hydroxylation is 1. The van der Waals surface area contributed by atoms with Crippen LogP contribution in [-0.4, -0.2) is 47.8 Å². The molecule has 0 saturated carbocycles. The van der Waals surface area contributed by atoms with Gasteiger partial charge in [0, 0.05) is 17.1 Å². The Bertz CT molecular complexity index is 478. The van der Waals surface area contributed by atoms with Gasteiger partial charge in [-0.2, -0.15) is 0 Å². The van der Waals surface area contributed by atoms with Crippen LogP contribution < -0.4 is 0 Å². The van der Waals surface area contributed by atoms with Crippen molar-refractivity contribution in [3.63, 3.8) is 0 Å². The Morgan fingerprint density at radius 1 is 1.58 bits per heavy atom. The maximum Gasteiger partial charge on any atom is 0.254 e. The number of aliphatic hydroxyl groups excluding tert-OH is 1. The van der Waals surface area contributed by atoms with E-state index in [1.165, 1.54) is 0 Å². The van der Waals surface area contributed by atoms with Crippen molar-refractivity contribution in [1.29, 1.82) is 0 Å². The Labute approximate surface area is 117 Å². The summed E-state index contributed by atoms with van der Waals surface area (Å²) in [5.41, 5.74) is 1.51. The molecule has 0 radical (unpaired) electrons. The summed E-state index contributed by atoms with van der Waals surface area (Å²) < 4.78 is 5.44. The zero-order valence-corrected chi connectivity index (χ0v) is 11.9. The third-order valence-corrected chi connectivity index (χ3v) is 3.62. The lowest BCUT2D eigenvalue weighted by molar-refractivity contribution is -0.0667. The van der Waals surface area contributed by atoms with Crippen molar-refractivity contribution < 1.29 is 14.6 Å². The number of hydrogen-bond donors (Lipinski definition) is 1. The van der Waals surface area contributed by atoms with E-state index in [0.29, 0.717) is 23.7 Å². The Hall–Kier alpha value is -1.10. The summed E-state index contributed by atoms with van der Waals surface area (Å²) >= 11 is 5.90. The van der Waals surface area contributed by atoms with Crippen LogP contribution in [-0.2, 0) is 4.74 Å². The third-order valence-electron chi connectivity index (χ3n) is 3.39. The number of carbonyl (C=O) groups is 1. The predicted octanol–water partition coefficient (Wildman–Crippen LogP) is 1.87. The predicted molar refractivity (Wildman–Crippen MR) is 73.5 cm³/mol. The minimum Gasteiger partial charge on any atom is -0.394 e. The summed E-state index contributed by atoms with van der Waals surface area (Å²) in [5, 5.41) is 9.78. The smallest absolute Gasteiger partial charge is 0.254 e. The molecule has 104 valence electrons. The normalized spacial score (nSPS) is 23.5. The molecule has 1 aromatic rings. The molecule has 0 aromatic heterocycles. The Morgan fingerprint density at radius 2 is 2.32 bits per heavy atom. The number of benzene rings is 1. The van der Waals surface area contributed by atoms with Gasteiger partial charge in [-0.05, 0) is 37.6 Å². The van der Waals surface area contributed by atoms with Gasteiger partial charge in [0.2, 0.25) is 0 Å². The number of amides is 1. The fourth-order valence-electron chi connectivity index (χ4n) is 2.23. The number of morpholine rings is 1. The molecule has 1 saturated heterocycles. The monoisotopic (exact) mass is 283 g/mol. The molecule has 1 aliphatic rings. The standard InChI is InChI=1S/C14H18ClNO3/c1-9-5-11(15)3-4-13(9)14(18)16-6-12(7-17)19-8-10(16)2/h3-5,10,12,17H,6-8H2,1-2H3/t10-,12-/m0/s1. The molecule has 1 fully saturated rings. The number of hydrogen-bond acceptors (Lipinski definition) is 3. The summed E-state index contributed by atoms with van der Waals surface area (Å²) in [6.07, 6.45) is -0.298. The number of rotatable bonds is 2. The summed E-state index contributed by atoms with van der Waals surface area (Å²) in [5.74, 6) is -0.0385. The molecule has 2 atom stereocenters. The molecule has 1 aliphatic heterocycles. The number of ether oxygens (including phenoxy) is 1. The molecule has 2 rings (SSSR count). The first-order chi connectivity index (χ1) is 9.02. The molecule has 4 nitrogen and oxygen atoms in total. The zero-order chi connectivity index (χ0) is 14.0. The Balaban J connectivity index is 2.22. The first-order valence-corrected chi connectivity index (χ1v) is 6.70. The highest BCUT2D eigenvalue weighted by Gasteiger charge is 2.30. The van der Waals surface area contributed by atoms with Gasteiger partial charge in [0.25, 0.3) is 5.91 Å². The van der Waals surface area contributed by atoms with Gasteiger partial charge < -0.3 is 14.7 Å². The van der Waals surface area contributed by atoms with Crippen molar-refractivity contribution >= 4 is 17.5 Å². The van der Waals surface area contributed by atoms with Gasteiger partial charge in [-0.3, -0.25) is 4.79 Å². The van der Waals surface area contributed by atoms with E-state index in [1.54, 1.807) is 23.1 Å². The second-order valence-electron chi connectivity index (χ2n) is 4.90. The van der Waals surface area contributed by atoms with Crippen LogP contribution in [0.3, 0.4) is 0 Å². The van der Waals surface area contributed by atoms with Crippen LogP contribution in [0.15, 0.2) is 18.2 Å². The lowest BCUT2D eigenvalue weighted by atomic mass is 10.1. The lowest BCUT2D eigenvalue weighted by Gasteiger charge is -2.37. The Kier molecular flexibility index (Phi) is 4.45. The molecule has 0 bridgehead atoms. The SMILES string of the molecule is Cc1cc(Cl)ccc1C(=O)N1C[C@@H](CO)OC[C@@H]1C. The highest BCUT2D eigenvalue weighted by Crippen LogP contribution is 2.20. The fraction of sp³-hybridized carbons (Fsp3) is 0.500. The van der Waals surface area contributed by atoms with Gasteiger partial charge in [0.15, 0.2) is 0 Å². The topological polar surface area (TPSA) is 49.8 Å². The molecule has 19 heavy (non-hydrogen) atoms. The molecular formula is C14H18ClNO3. The highest BCUT2D eigenvalue weighted by atomic mass is 35.5. The van der Waals surface area contributed by atoms with E-state index in [0.717, 1.165) is 5.56 Å². The van der Waals surface area contributed by atoms with Crippen LogP contribution in [0, 0.1) is 6.92 Å². The van der Waals surface area contributed by atoms with Crippen molar-refractivity contribution in [2.75, 3.05) is 19.8 Å². The maximum atomic E-state index is 12.5. The lowest BCUT2D eigenvalue weighted by Crippen LogP contribution is -2.52. The first-order valence-electron chi connectivity index (χ1n) is 6.32. The number of nitrogens with zero attached hydrogens (tertiary/aromatic N) is 1. The van der Waals surface area contributed by atoms with Gasteiger partial charge >= 0.3 is 0 Å². The van der Waals surface area contributed by atoms with Crippen LogP contribution in [0.5, 0.6) is 0 Å². The summed E-state index contributed by atoms with van der Waals surface area (Å²) in [7, 11) is 0. The third kappa shape index (κ3) is 3.08. The van der Waals surface area contributed by atoms with Crippen molar-refractivity contribution in [3.05, 3.63) is 34.3 Å². The quantitative estimate of drug-likeness (QED) is 0.901. The van der Waals surface area contributed by atoms with Crippen LogP contribution >= 0.6 is 11.6 Å². The number of halogens is 1. The molecule has 1 aromatic carbocycles. The average molecular weight is 284 g/mol. The molecule has 1 N–H and O–H groups in total. The first kappa shape index (κ1) is 14.3. The molecule has 0 unspecified atom stereocenters. The minimum absolute atomic E-state index is 0.00498.